The standard InChI is InChI=1S/C28H45N3O/c1-6-7-8-9-10-11-12-13-14-15-16-17-27(32)29-26-22-25(28(3,4)5)30-31(26)24-20-18-23(2)19-21-24/h18-22H,6-17H2,1-5H3,(H,29,32). The summed E-state index contributed by atoms with van der Waals surface area (Å²) in [7, 11) is 0. The maximum Gasteiger partial charge on any atom is 0.225 e. The van der Waals surface area contributed by atoms with Crippen molar-refractivity contribution in [2.75, 3.05) is 5.32 Å². The van der Waals surface area contributed by atoms with E-state index in [9.17, 15) is 4.79 Å². The zero-order chi connectivity index (χ0) is 23.4. The van der Waals surface area contributed by atoms with Gasteiger partial charge in [0.25, 0.3) is 0 Å². The normalized spacial score (nSPS) is 11.7. The van der Waals surface area contributed by atoms with E-state index in [1.807, 2.05) is 22.9 Å². The molecule has 178 valence electrons. The molecular weight excluding hydrogens is 394 g/mol. The van der Waals surface area contributed by atoms with E-state index in [4.69, 9.17) is 5.10 Å². The van der Waals surface area contributed by atoms with Crippen LogP contribution in [0.4, 0.5) is 5.82 Å². The molecule has 0 aliphatic rings. The highest BCUT2D eigenvalue weighted by Gasteiger charge is 2.21. The van der Waals surface area contributed by atoms with E-state index < -0.39 is 0 Å². The number of nitrogens with zero attached hydrogens (tertiary/aromatic N) is 2. The molecule has 1 amide bonds. The van der Waals surface area contributed by atoms with Crippen LogP contribution in [0.1, 0.15) is 116 Å². The Morgan fingerprint density at radius 3 is 1.94 bits per heavy atom. The first-order chi connectivity index (χ1) is 15.3. The molecule has 0 aliphatic heterocycles. The van der Waals surface area contributed by atoms with Crippen LogP contribution in [-0.4, -0.2) is 15.7 Å². The molecular formula is C28H45N3O. The predicted molar refractivity (Wildman–Crippen MR) is 137 cm³/mol. The second-order valence-electron chi connectivity index (χ2n) is 10.2. The Balaban J connectivity index is 1.77. The summed E-state index contributed by atoms with van der Waals surface area (Å²) in [5.41, 5.74) is 3.07. The molecule has 0 aliphatic carbocycles. The van der Waals surface area contributed by atoms with Crippen LogP contribution in [-0.2, 0) is 10.2 Å². The SMILES string of the molecule is CCCCCCCCCCCCCC(=O)Nc1cc(C(C)(C)C)nn1-c1ccc(C)cc1. The number of benzene rings is 1. The van der Waals surface area contributed by atoms with Crippen LogP contribution >= 0.6 is 0 Å². The minimum absolute atomic E-state index is 0.0780. The Morgan fingerprint density at radius 1 is 0.875 bits per heavy atom. The third kappa shape index (κ3) is 9.18. The second-order valence-corrected chi connectivity index (χ2v) is 10.2. The fourth-order valence-electron chi connectivity index (χ4n) is 3.87. The summed E-state index contributed by atoms with van der Waals surface area (Å²) in [5.74, 6) is 0.835. The van der Waals surface area contributed by atoms with Crippen molar-refractivity contribution in [3.63, 3.8) is 0 Å². The van der Waals surface area contributed by atoms with Crippen molar-refractivity contribution in [3.8, 4) is 5.69 Å². The topological polar surface area (TPSA) is 46.9 Å². The molecule has 4 heteroatoms. The molecule has 2 rings (SSSR count). The minimum atomic E-state index is -0.0780. The molecule has 0 saturated carbocycles. The molecule has 0 spiro atoms. The Kier molecular flexibility index (Phi) is 11.0. The molecule has 0 radical (unpaired) electrons. The first-order valence-corrected chi connectivity index (χ1v) is 12.8. The van der Waals surface area contributed by atoms with Gasteiger partial charge < -0.3 is 5.32 Å². The Morgan fingerprint density at radius 2 is 1.41 bits per heavy atom. The molecule has 1 N–H and O–H groups in total. The molecule has 32 heavy (non-hydrogen) atoms. The summed E-state index contributed by atoms with van der Waals surface area (Å²) in [6, 6.07) is 10.3. The lowest BCUT2D eigenvalue weighted by molar-refractivity contribution is -0.116. The molecule has 0 saturated heterocycles. The van der Waals surface area contributed by atoms with Gasteiger partial charge >= 0.3 is 0 Å². The van der Waals surface area contributed by atoms with Crippen molar-refractivity contribution >= 4 is 11.7 Å². The number of nitrogens with one attached hydrogen (secondary N) is 1. The van der Waals surface area contributed by atoms with Gasteiger partial charge in [0.05, 0.1) is 11.4 Å². The average molecular weight is 440 g/mol. The maximum absolute atomic E-state index is 12.6. The Labute approximate surface area is 196 Å². The van der Waals surface area contributed by atoms with Crippen LogP contribution in [0.3, 0.4) is 0 Å². The van der Waals surface area contributed by atoms with Crippen molar-refractivity contribution in [3.05, 3.63) is 41.6 Å². The molecule has 0 fully saturated rings. The number of aryl methyl sites for hydroxylation is 1. The quantitative estimate of drug-likeness (QED) is 0.302. The second kappa shape index (κ2) is 13.4. The van der Waals surface area contributed by atoms with E-state index in [1.54, 1.807) is 0 Å². The van der Waals surface area contributed by atoms with Crippen molar-refractivity contribution < 1.29 is 4.79 Å². The molecule has 0 unspecified atom stereocenters. The molecule has 1 aromatic carbocycles. The lowest BCUT2D eigenvalue weighted by Gasteiger charge is -2.14. The number of carbonyl (C=O) groups excluding carboxylic acids is 1. The number of anilines is 1. The summed E-state index contributed by atoms with van der Waals surface area (Å²) < 4.78 is 1.86. The van der Waals surface area contributed by atoms with Crippen LogP contribution in [0.15, 0.2) is 30.3 Å². The monoisotopic (exact) mass is 439 g/mol. The van der Waals surface area contributed by atoms with E-state index in [0.717, 1.165) is 30.0 Å². The molecule has 0 atom stereocenters. The van der Waals surface area contributed by atoms with Crippen molar-refractivity contribution in [1.29, 1.82) is 0 Å². The van der Waals surface area contributed by atoms with E-state index in [1.165, 1.54) is 63.4 Å². The number of unbranched alkanes of at least 4 members (excludes halogenated alkanes) is 10. The number of amides is 1. The maximum atomic E-state index is 12.6. The number of hydrogen-bond acceptors (Lipinski definition) is 2. The van der Waals surface area contributed by atoms with E-state index in [-0.39, 0.29) is 11.3 Å². The zero-order valence-corrected chi connectivity index (χ0v) is 21.2. The van der Waals surface area contributed by atoms with E-state index in [2.05, 4.69) is 52.1 Å². The first-order valence-electron chi connectivity index (χ1n) is 12.8. The van der Waals surface area contributed by atoms with Crippen molar-refractivity contribution in [2.45, 2.75) is 117 Å². The van der Waals surface area contributed by atoms with Gasteiger partial charge in [0, 0.05) is 17.9 Å². The highest BCUT2D eigenvalue weighted by atomic mass is 16.1. The summed E-state index contributed by atoms with van der Waals surface area (Å²) >= 11 is 0. The summed E-state index contributed by atoms with van der Waals surface area (Å²) in [4.78, 5) is 12.6. The first kappa shape index (κ1) is 26.2. The van der Waals surface area contributed by atoms with Gasteiger partial charge in [-0.1, -0.05) is 110 Å². The predicted octanol–water partition coefficient (Wildman–Crippen LogP) is 8.12. The largest absolute Gasteiger partial charge is 0.311 e. The van der Waals surface area contributed by atoms with Gasteiger partial charge in [-0.05, 0) is 25.5 Å². The molecule has 1 heterocycles. The lowest BCUT2D eigenvalue weighted by Crippen LogP contribution is -2.14. The zero-order valence-electron chi connectivity index (χ0n) is 21.2. The summed E-state index contributed by atoms with van der Waals surface area (Å²) in [6.07, 6.45) is 14.8. The molecule has 2 aromatic rings. The summed E-state index contributed by atoms with van der Waals surface area (Å²) in [5, 5.41) is 7.91. The average Bonchev–Trinajstić information content (AvgIpc) is 3.17. The third-order valence-electron chi connectivity index (χ3n) is 6.03. The van der Waals surface area contributed by atoms with Gasteiger partial charge in [0.1, 0.15) is 5.82 Å². The van der Waals surface area contributed by atoms with Gasteiger partial charge in [0.2, 0.25) is 5.91 Å². The summed E-state index contributed by atoms with van der Waals surface area (Å²) in [6.45, 7) is 10.8. The Bertz CT molecular complexity index is 799. The van der Waals surface area contributed by atoms with Crippen LogP contribution in [0.2, 0.25) is 0 Å². The van der Waals surface area contributed by atoms with Crippen LogP contribution in [0.5, 0.6) is 0 Å². The highest BCUT2D eigenvalue weighted by Crippen LogP contribution is 2.26. The van der Waals surface area contributed by atoms with Gasteiger partial charge in [0.15, 0.2) is 0 Å². The van der Waals surface area contributed by atoms with Crippen LogP contribution < -0.4 is 5.32 Å². The molecule has 0 bridgehead atoms. The fraction of sp³-hybridized carbons (Fsp3) is 0.643. The smallest absolute Gasteiger partial charge is 0.225 e. The van der Waals surface area contributed by atoms with E-state index in [0.29, 0.717) is 6.42 Å². The minimum Gasteiger partial charge on any atom is -0.311 e. The van der Waals surface area contributed by atoms with Crippen molar-refractivity contribution in [1.82, 2.24) is 9.78 Å². The lowest BCUT2D eigenvalue weighted by atomic mass is 9.92. The van der Waals surface area contributed by atoms with Gasteiger partial charge in [-0.2, -0.15) is 5.10 Å². The van der Waals surface area contributed by atoms with Gasteiger partial charge in [-0.15, -0.1) is 0 Å². The number of aromatic nitrogens is 2. The van der Waals surface area contributed by atoms with Gasteiger partial charge in [-0.25, -0.2) is 4.68 Å². The fourth-order valence-corrected chi connectivity index (χ4v) is 3.87. The van der Waals surface area contributed by atoms with E-state index >= 15 is 0 Å². The highest BCUT2D eigenvalue weighted by molar-refractivity contribution is 5.90. The van der Waals surface area contributed by atoms with Crippen molar-refractivity contribution in [2.24, 2.45) is 0 Å². The molecule has 4 nitrogen and oxygen atoms in total. The third-order valence-corrected chi connectivity index (χ3v) is 6.03. The van der Waals surface area contributed by atoms with Crippen LogP contribution in [0, 0.1) is 6.92 Å². The Hall–Kier alpha value is -2.10. The number of hydrogen-bond donors (Lipinski definition) is 1. The number of rotatable bonds is 14. The van der Waals surface area contributed by atoms with Gasteiger partial charge in [-0.3, -0.25) is 4.79 Å². The molecule has 1 aromatic heterocycles. The number of carbonyl (C=O) groups is 1. The van der Waals surface area contributed by atoms with Crippen LogP contribution in [0.25, 0.3) is 5.69 Å².